The Bertz CT molecular complexity index is 3310. The molecule has 0 unspecified atom stereocenters. The van der Waals surface area contributed by atoms with Gasteiger partial charge in [0.2, 0.25) is 0 Å². The van der Waals surface area contributed by atoms with Crippen LogP contribution in [0.1, 0.15) is 43.2 Å². The molecule has 0 atom stereocenters. The fraction of sp³-hybridized carbons (Fsp3) is 0.203. The summed E-state index contributed by atoms with van der Waals surface area (Å²) in [5, 5.41) is 5.79. The molecule has 0 radical (unpaired) electrons. The highest BCUT2D eigenvalue weighted by Gasteiger charge is 2.62. The van der Waals surface area contributed by atoms with Crippen molar-refractivity contribution in [3.8, 4) is 61.6 Å². The van der Waals surface area contributed by atoms with Gasteiger partial charge in [0.15, 0.2) is 0 Å². The Morgan fingerprint density at radius 1 is 0.484 bits per heavy atom. The van der Waals surface area contributed by atoms with Crippen LogP contribution in [0.4, 0.5) is 0 Å². The Balaban J connectivity index is 0.815. The minimum absolute atomic E-state index is 0.208. The summed E-state index contributed by atoms with van der Waals surface area (Å²) in [4.78, 5) is 5.34. The van der Waals surface area contributed by atoms with E-state index in [0.717, 1.165) is 40.6 Å². The highest BCUT2D eigenvalue weighted by atomic mass is 28.3. The van der Waals surface area contributed by atoms with Crippen molar-refractivity contribution in [3.63, 3.8) is 0 Å². The zero-order valence-electron chi connectivity index (χ0n) is 35.4. The molecule has 9 aromatic rings. The highest BCUT2D eigenvalue weighted by Crippen LogP contribution is 2.69. The SMILES string of the molecule is C[Si]1(C)c2ccc(-c3cccc(-c4ccc(-c5ccc6c(c5)c5ccccc5n6-c5ccccc5)cc4)n3)cc2-c2ccc3c(c21)-c1ccccc1C31C2CC3CC(C2)CC1C3. The predicted octanol–water partition coefficient (Wildman–Crippen LogP) is 13.7. The van der Waals surface area contributed by atoms with Gasteiger partial charge in [-0.05, 0) is 159 Å². The van der Waals surface area contributed by atoms with Gasteiger partial charge in [0.1, 0.15) is 8.07 Å². The molecule has 0 amide bonds. The lowest BCUT2D eigenvalue weighted by atomic mass is 9.43. The van der Waals surface area contributed by atoms with Crippen LogP contribution in [-0.2, 0) is 5.41 Å². The van der Waals surface area contributed by atoms with Crippen molar-refractivity contribution < 1.29 is 0 Å². The Hall–Kier alpha value is -6.29. The van der Waals surface area contributed by atoms with Gasteiger partial charge in [0, 0.05) is 33.0 Å². The summed E-state index contributed by atoms with van der Waals surface area (Å²) in [6.07, 6.45) is 7.20. The zero-order chi connectivity index (χ0) is 40.9. The molecular weight excluding hydrogens is 765 g/mol. The molecule has 15 rings (SSSR count). The number of benzene rings is 7. The van der Waals surface area contributed by atoms with Gasteiger partial charge < -0.3 is 4.57 Å². The molecule has 3 heterocycles. The van der Waals surface area contributed by atoms with Crippen LogP contribution < -0.4 is 10.4 Å². The van der Waals surface area contributed by atoms with Gasteiger partial charge in [0.05, 0.1) is 22.4 Å². The zero-order valence-corrected chi connectivity index (χ0v) is 36.4. The third kappa shape index (κ3) is 4.67. The van der Waals surface area contributed by atoms with Crippen LogP contribution in [0.5, 0.6) is 0 Å². The van der Waals surface area contributed by atoms with Crippen LogP contribution in [-0.4, -0.2) is 17.6 Å². The number of nitrogens with zero attached hydrogens (tertiary/aromatic N) is 2. The van der Waals surface area contributed by atoms with Crippen molar-refractivity contribution in [1.82, 2.24) is 9.55 Å². The standard InChI is InChI=1S/C59H48N2Si/c1-62(2)56-28-24-41(35-49(56)46-25-26-51-57(58(46)62)47-14-6-8-15-50(47)59(51)42-30-36-29-37(32-42)33-43(59)31-36)53-17-10-16-52(60-53)39-21-19-38(20-22-39)40-23-27-55-48(34-40)45-13-7-9-18-54(45)61(55)44-11-4-3-5-12-44/h3-28,34-37,42-43H,29-33H2,1-2H3. The van der Waals surface area contributed by atoms with Crippen LogP contribution in [0, 0.1) is 23.7 Å². The van der Waals surface area contributed by atoms with Crippen molar-refractivity contribution in [1.29, 1.82) is 0 Å². The molecule has 3 heteroatoms. The molecule has 4 saturated carbocycles. The Morgan fingerprint density at radius 3 is 1.95 bits per heavy atom. The first-order chi connectivity index (χ1) is 30.4. The molecule has 7 aromatic carbocycles. The molecule has 2 aromatic heterocycles. The van der Waals surface area contributed by atoms with Gasteiger partial charge in [0.25, 0.3) is 0 Å². The molecule has 6 aliphatic rings. The summed E-state index contributed by atoms with van der Waals surface area (Å²) < 4.78 is 2.38. The maximum absolute atomic E-state index is 5.34. The molecule has 0 saturated heterocycles. The Morgan fingerprint density at radius 2 is 1.15 bits per heavy atom. The number of rotatable bonds is 4. The van der Waals surface area contributed by atoms with Crippen LogP contribution in [0.2, 0.25) is 13.1 Å². The predicted molar refractivity (Wildman–Crippen MR) is 260 cm³/mol. The fourth-order valence-electron chi connectivity index (χ4n) is 14.3. The van der Waals surface area contributed by atoms with E-state index < -0.39 is 8.07 Å². The Kier molecular flexibility index (Phi) is 7.20. The second-order valence-corrected chi connectivity index (χ2v) is 24.2. The lowest BCUT2D eigenvalue weighted by Crippen LogP contribution is -2.55. The summed E-state index contributed by atoms with van der Waals surface area (Å²) in [6, 6.07) is 64.0. The molecule has 4 bridgehead atoms. The summed E-state index contributed by atoms with van der Waals surface area (Å²) in [5.74, 6) is 3.49. The topological polar surface area (TPSA) is 17.8 Å². The third-order valence-electron chi connectivity index (χ3n) is 16.6. The second-order valence-electron chi connectivity index (χ2n) is 19.9. The van der Waals surface area contributed by atoms with Crippen molar-refractivity contribution >= 4 is 40.3 Å². The first-order valence-electron chi connectivity index (χ1n) is 23.0. The van der Waals surface area contributed by atoms with Crippen molar-refractivity contribution in [3.05, 3.63) is 181 Å². The summed E-state index contributed by atoms with van der Waals surface area (Å²) in [5.41, 5.74) is 20.1. The lowest BCUT2D eigenvalue weighted by molar-refractivity contribution is -0.0399. The largest absolute Gasteiger partial charge is 0.309 e. The fourth-order valence-corrected chi connectivity index (χ4v) is 17.8. The highest BCUT2D eigenvalue weighted by molar-refractivity contribution is 7.04. The molecule has 4 fully saturated rings. The number of hydrogen-bond acceptors (Lipinski definition) is 1. The van der Waals surface area contributed by atoms with Crippen molar-refractivity contribution in [2.45, 2.75) is 50.6 Å². The summed E-state index contributed by atoms with van der Waals surface area (Å²) >= 11 is 0. The molecule has 2 nitrogen and oxygen atoms in total. The van der Waals surface area contributed by atoms with Gasteiger partial charge in [-0.3, -0.25) is 0 Å². The van der Waals surface area contributed by atoms with E-state index >= 15 is 0 Å². The van der Waals surface area contributed by atoms with Gasteiger partial charge in [-0.15, -0.1) is 0 Å². The quantitative estimate of drug-likeness (QED) is 0.162. The first kappa shape index (κ1) is 35.3. The third-order valence-corrected chi connectivity index (χ3v) is 20.1. The second kappa shape index (κ2) is 12.6. The van der Waals surface area contributed by atoms with Crippen molar-refractivity contribution in [2.75, 3.05) is 0 Å². The normalized spacial score (nSPS) is 23.2. The van der Waals surface area contributed by atoms with E-state index in [1.54, 1.807) is 32.6 Å². The van der Waals surface area contributed by atoms with E-state index in [1.165, 1.54) is 87.4 Å². The van der Waals surface area contributed by atoms with Crippen LogP contribution in [0.3, 0.4) is 0 Å². The molecule has 0 N–H and O–H groups in total. The monoisotopic (exact) mass is 812 g/mol. The van der Waals surface area contributed by atoms with E-state index in [-0.39, 0.29) is 5.41 Å². The number of fused-ring (bicyclic) bond motifs is 10. The maximum atomic E-state index is 5.34. The number of pyridine rings is 1. The van der Waals surface area contributed by atoms with E-state index in [1.807, 2.05) is 0 Å². The van der Waals surface area contributed by atoms with Crippen LogP contribution >= 0.6 is 0 Å². The van der Waals surface area contributed by atoms with Gasteiger partial charge in [-0.1, -0.05) is 134 Å². The summed E-state index contributed by atoms with van der Waals surface area (Å²) in [6.45, 7) is 5.23. The average Bonchev–Trinajstić information content (AvgIpc) is 3.89. The number of para-hydroxylation sites is 2. The lowest BCUT2D eigenvalue weighted by Gasteiger charge is -2.61. The van der Waals surface area contributed by atoms with Gasteiger partial charge in [-0.2, -0.15) is 0 Å². The summed E-state index contributed by atoms with van der Waals surface area (Å²) in [7, 11) is -2.01. The number of aromatic nitrogens is 2. The van der Waals surface area contributed by atoms with Crippen LogP contribution in [0.15, 0.2) is 170 Å². The minimum atomic E-state index is -2.01. The van der Waals surface area contributed by atoms with E-state index in [2.05, 4.69) is 188 Å². The smallest absolute Gasteiger partial charge is 0.114 e. The first-order valence-corrected chi connectivity index (χ1v) is 26.0. The van der Waals surface area contributed by atoms with E-state index in [9.17, 15) is 0 Å². The maximum Gasteiger partial charge on any atom is 0.114 e. The molecular formula is C59H48N2Si. The average molecular weight is 813 g/mol. The molecule has 1 aliphatic heterocycles. The van der Waals surface area contributed by atoms with Crippen LogP contribution in [0.25, 0.3) is 83.4 Å². The Labute approximate surface area is 365 Å². The minimum Gasteiger partial charge on any atom is -0.309 e. The molecule has 298 valence electrons. The van der Waals surface area contributed by atoms with Crippen molar-refractivity contribution in [2.24, 2.45) is 23.7 Å². The van der Waals surface area contributed by atoms with E-state index in [0.29, 0.717) is 0 Å². The molecule has 62 heavy (non-hydrogen) atoms. The van der Waals surface area contributed by atoms with Gasteiger partial charge in [-0.25, -0.2) is 4.98 Å². The van der Waals surface area contributed by atoms with E-state index in [4.69, 9.17) is 4.98 Å². The van der Waals surface area contributed by atoms with Gasteiger partial charge >= 0.3 is 0 Å². The number of hydrogen-bond donors (Lipinski definition) is 0. The molecule has 1 spiro atoms. The molecule has 5 aliphatic carbocycles.